The van der Waals surface area contributed by atoms with Gasteiger partial charge in [0.1, 0.15) is 0 Å². The van der Waals surface area contributed by atoms with Crippen molar-refractivity contribution < 1.29 is 4.74 Å². The Balaban J connectivity index is 2.05. The van der Waals surface area contributed by atoms with Crippen molar-refractivity contribution in [2.24, 2.45) is 5.73 Å². The molecule has 0 aromatic carbocycles. The number of rotatable bonds is 3. The molecule has 0 bridgehead atoms. The number of nitrogens with zero attached hydrogens (tertiary/aromatic N) is 2. The van der Waals surface area contributed by atoms with Crippen LogP contribution >= 0.6 is 0 Å². The summed E-state index contributed by atoms with van der Waals surface area (Å²) in [6, 6.07) is 0.414. The monoisotopic (exact) mass is 209 g/mol. The van der Waals surface area contributed by atoms with Crippen LogP contribution in [0.15, 0.2) is 12.4 Å². The second kappa shape index (κ2) is 4.77. The fraction of sp³-hybridized carbons (Fsp3) is 0.727. The first-order valence-corrected chi connectivity index (χ1v) is 5.63. The van der Waals surface area contributed by atoms with E-state index in [1.165, 1.54) is 5.56 Å². The standard InChI is InChI=1S/C11H19N3O/c1-9(5-12)10-6-13-14(7-10)11-3-2-4-15-8-11/h6-7,9,11H,2-5,8,12H2,1H3. The van der Waals surface area contributed by atoms with Crippen LogP contribution in [0.5, 0.6) is 0 Å². The maximum Gasteiger partial charge on any atom is 0.0753 e. The van der Waals surface area contributed by atoms with Gasteiger partial charge in [-0.1, -0.05) is 6.92 Å². The first kappa shape index (κ1) is 10.6. The van der Waals surface area contributed by atoms with Crippen molar-refractivity contribution in [2.75, 3.05) is 19.8 Å². The lowest BCUT2D eigenvalue weighted by Crippen LogP contribution is -2.21. The van der Waals surface area contributed by atoms with Gasteiger partial charge in [0.2, 0.25) is 0 Å². The lowest BCUT2D eigenvalue weighted by molar-refractivity contribution is 0.0549. The average molecular weight is 209 g/mol. The molecule has 15 heavy (non-hydrogen) atoms. The molecule has 1 aromatic heterocycles. The number of ether oxygens (including phenoxy) is 1. The summed E-state index contributed by atoms with van der Waals surface area (Å²) < 4.78 is 7.48. The Kier molecular flexibility index (Phi) is 3.38. The van der Waals surface area contributed by atoms with Crippen molar-refractivity contribution >= 4 is 0 Å². The smallest absolute Gasteiger partial charge is 0.0753 e. The van der Waals surface area contributed by atoms with Crippen molar-refractivity contribution in [1.82, 2.24) is 9.78 Å². The van der Waals surface area contributed by atoms with Gasteiger partial charge in [-0.15, -0.1) is 0 Å². The van der Waals surface area contributed by atoms with Crippen molar-refractivity contribution in [3.63, 3.8) is 0 Å². The molecule has 0 amide bonds. The van der Waals surface area contributed by atoms with E-state index in [4.69, 9.17) is 10.5 Å². The minimum absolute atomic E-state index is 0.392. The first-order chi connectivity index (χ1) is 7.31. The highest BCUT2D eigenvalue weighted by Gasteiger charge is 2.17. The van der Waals surface area contributed by atoms with Gasteiger partial charge in [0.25, 0.3) is 0 Å². The summed E-state index contributed by atoms with van der Waals surface area (Å²) in [4.78, 5) is 0. The molecular formula is C11H19N3O. The van der Waals surface area contributed by atoms with Gasteiger partial charge in [-0.3, -0.25) is 4.68 Å². The highest BCUT2D eigenvalue weighted by atomic mass is 16.5. The summed E-state index contributed by atoms with van der Waals surface area (Å²) in [5, 5.41) is 4.39. The quantitative estimate of drug-likeness (QED) is 0.816. The third-order valence-electron chi connectivity index (χ3n) is 3.05. The van der Waals surface area contributed by atoms with Gasteiger partial charge in [0, 0.05) is 12.8 Å². The molecule has 4 nitrogen and oxygen atoms in total. The Morgan fingerprint density at radius 2 is 2.60 bits per heavy atom. The molecule has 4 heteroatoms. The third-order valence-corrected chi connectivity index (χ3v) is 3.05. The molecule has 1 fully saturated rings. The number of nitrogens with two attached hydrogens (primary N) is 1. The van der Waals surface area contributed by atoms with E-state index in [0.29, 0.717) is 18.5 Å². The normalized spacial score (nSPS) is 24.0. The average Bonchev–Trinajstić information content (AvgIpc) is 2.78. The lowest BCUT2D eigenvalue weighted by Gasteiger charge is -2.22. The Hall–Kier alpha value is -0.870. The first-order valence-electron chi connectivity index (χ1n) is 5.63. The second-order valence-corrected chi connectivity index (χ2v) is 4.26. The van der Waals surface area contributed by atoms with Crippen LogP contribution < -0.4 is 5.73 Å². The van der Waals surface area contributed by atoms with E-state index >= 15 is 0 Å². The summed E-state index contributed by atoms with van der Waals surface area (Å²) in [6.45, 7) is 4.48. The highest BCUT2D eigenvalue weighted by molar-refractivity contribution is 5.11. The molecule has 1 aliphatic heterocycles. The third kappa shape index (κ3) is 2.38. The topological polar surface area (TPSA) is 53.1 Å². The van der Waals surface area contributed by atoms with Gasteiger partial charge in [-0.25, -0.2) is 0 Å². The van der Waals surface area contributed by atoms with Gasteiger partial charge < -0.3 is 10.5 Å². The van der Waals surface area contributed by atoms with E-state index in [0.717, 1.165) is 26.1 Å². The van der Waals surface area contributed by atoms with E-state index < -0.39 is 0 Å². The van der Waals surface area contributed by atoms with E-state index in [2.05, 4.69) is 18.2 Å². The summed E-state index contributed by atoms with van der Waals surface area (Å²) >= 11 is 0. The minimum atomic E-state index is 0.392. The van der Waals surface area contributed by atoms with Crippen LogP contribution in [0.2, 0.25) is 0 Å². The van der Waals surface area contributed by atoms with E-state index in [1.54, 1.807) is 0 Å². The van der Waals surface area contributed by atoms with Crippen LogP contribution in [0, 0.1) is 0 Å². The number of aromatic nitrogens is 2. The zero-order valence-electron chi connectivity index (χ0n) is 9.22. The molecule has 1 aromatic rings. The molecule has 1 aliphatic rings. The Bertz CT molecular complexity index is 305. The zero-order chi connectivity index (χ0) is 10.7. The molecule has 0 aliphatic carbocycles. The molecule has 2 rings (SSSR count). The fourth-order valence-corrected chi connectivity index (χ4v) is 1.88. The van der Waals surface area contributed by atoms with Gasteiger partial charge in [-0.2, -0.15) is 5.10 Å². The summed E-state index contributed by atoms with van der Waals surface area (Å²) in [7, 11) is 0. The van der Waals surface area contributed by atoms with Gasteiger partial charge in [-0.05, 0) is 30.9 Å². The predicted molar refractivity (Wildman–Crippen MR) is 58.8 cm³/mol. The molecular weight excluding hydrogens is 190 g/mol. The summed E-state index contributed by atoms with van der Waals surface area (Å²) in [6.07, 6.45) is 6.33. The maximum atomic E-state index is 5.63. The molecule has 1 saturated heterocycles. The molecule has 2 atom stereocenters. The molecule has 84 valence electrons. The van der Waals surface area contributed by atoms with Crippen molar-refractivity contribution in [1.29, 1.82) is 0 Å². The number of hydrogen-bond donors (Lipinski definition) is 1. The van der Waals surface area contributed by atoms with Crippen LogP contribution in [-0.4, -0.2) is 29.5 Å². The lowest BCUT2D eigenvalue weighted by atomic mass is 10.1. The molecule has 0 saturated carbocycles. The molecule has 2 unspecified atom stereocenters. The molecule has 0 radical (unpaired) electrons. The van der Waals surface area contributed by atoms with Crippen LogP contribution in [0.1, 0.15) is 37.3 Å². The highest BCUT2D eigenvalue weighted by Crippen LogP contribution is 2.21. The van der Waals surface area contributed by atoms with E-state index in [1.807, 2.05) is 10.9 Å². The van der Waals surface area contributed by atoms with E-state index in [9.17, 15) is 0 Å². The fourth-order valence-electron chi connectivity index (χ4n) is 1.88. The SMILES string of the molecule is CC(CN)c1cnn(C2CCCOC2)c1. The Morgan fingerprint density at radius 1 is 1.73 bits per heavy atom. The van der Waals surface area contributed by atoms with Crippen molar-refractivity contribution in [2.45, 2.75) is 31.7 Å². The summed E-state index contributed by atoms with van der Waals surface area (Å²) in [5.41, 5.74) is 6.86. The summed E-state index contributed by atoms with van der Waals surface area (Å²) in [5.74, 6) is 0.392. The van der Waals surface area contributed by atoms with Gasteiger partial charge in [0.05, 0.1) is 18.8 Å². The number of hydrogen-bond acceptors (Lipinski definition) is 3. The van der Waals surface area contributed by atoms with Gasteiger partial charge in [0.15, 0.2) is 0 Å². The van der Waals surface area contributed by atoms with E-state index in [-0.39, 0.29) is 0 Å². The van der Waals surface area contributed by atoms with Crippen LogP contribution in [-0.2, 0) is 4.74 Å². The largest absolute Gasteiger partial charge is 0.379 e. The Morgan fingerprint density at radius 3 is 3.27 bits per heavy atom. The van der Waals surface area contributed by atoms with Crippen LogP contribution in [0.25, 0.3) is 0 Å². The molecule has 2 heterocycles. The van der Waals surface area contributed by atoms with Crippen LogP contribution in [0.3, 0.4) is 0 Å². The van der Waals surface area contributed by atoms with Gasteiger partial charge >= 0.3 is 0 Å². The Labute approximate surface area is 90.4 Å². The van der Waals surface area contributed by atoms with Crippen LogP contribution in [0.4, 0.5) is 0 Å². The minimum Gasteiger partial charge on any atom is -0.379 e. The molecule has 2 N–H and O–H groups in total. The molecule has 0 spiro atoms. The second-order valence-electron chi connectivity index (χ2n) is 4.26. The van der Waals surface area contributed by atoms with Crippen molar-refractivity contribution in [3.05, 3.63) is 18.0 Å². The maximum absolute atomic E-state index is 5.63. The predicted octanol–water partition coefficient (Wildman–Crippen LogP) is 1.30. The van der Waals surface area contributed by atoms with Crippen molar-refractivity contribution in [3.8, 4) is 0 Å². The zero-order valence-corrected chi connectivity index (χ0v) is 9.22.